The van der Waals surface area contributed by atoms with E-state index in [2.05, 4.69) is 47.3 Å². The zero-order valence-corrected chi connectivity index (χ0v) is 19.5. The summed E-state index contributed by atoms with van der Waals surface area (Å²) in [7, 11) is 0. The summed E-state index contributed by atoms with van der Waals surface area (Å²) in [6, 6.07) is 0. The molecule has 0 amide bonds. The quantitative estimate of drug-likeness (QED) is 0.418. The number of rotatable bonds is 5. The normalized spacial score (nSPS) is 43.9. The molecule has 158 valence electrons. The molecule has 28 heavy (non-hydrogen) atoms. The molecule has 0 heterocycles. The molecule has 0 saturated heterocycles. The molecule has 0 bridgehead atoms. The minimum absolute atomic E-state index is 0.492. The average molecular weight is 383 g/mol. The van der Waals surface area contributed by atoms with Crippen molar-refractivity contribution in [2.45, 2.75) is 105 Å². The Hall–Kier alpha value is -0.520. The number of hydrogen-bond acceptors (Lipinski definition) is 0. The molecular formula is C28H46. The summed E-state index contributed by atoms with van der Waals surface area (Å²) in [6.45, 7) is 17.0. The van der Waals surface area contributed by atoms with Crippen LogP contribution in [0.4, 0.5) is 0 Å². The van der Waals surface area contributed by atoms with Crippen LogP contribution in [0.15, 0.2) is 23.8 Å². The summed E-state index contributed by atoms with van der Waals surface area (Å²) in [4.78, 5) is 0. The fourth-order valence-corrected chi connectivity index (χ4v) is 8.60. The molecule has 0 aromatic heterocycles. The van der Waals surface area contributed by atoms with Gasteiger partial charge < -0.3 is 0 Å². The van der Waals surface area contributed by atoms with Crippen LogP contribution in [0, 0.1) is 46.3 Å². The van der Waals surface area contributed by atoms with E-state index in [-0.39, 0.29) is 0 Å². The topological polar surface area (TPSA) is 0 Å². The summed E-state index contributed by atoms with van der Waals surface area (Å²) in [6.07, 6.45) is 18.3. The highest BCUT2D eigenvalue weighted by Gasteiger charge is 2.58. The molecule has 4 aliphatic carbocycles. The summed E-state index contributed by atoms with van der Waals surface area (Å²) in [5.74, 6) is 5.68. The van der Waals surface area contributed by atoms with Crippen molar-refractivity contribution in [1.29, 1.82) is 0 Å². The van der Waals surface area contributed by atoms with Crippen LogP contribution in [0.5, 0.6) is 0 Å². The first-order chi connectivity index (χ1) is 13.3. The third kappa shape index (κ3) is 3.35. The van der Waals surface area contributed by atoms with Crippen molar-refractivity contribution in [2.24, 2.45) is 46.3 Å². The first-order valence-electron chi connectivity index (χ1n) is 12.6. The van der Waals surface area contributed by atoms with Gasteiger partial charge in [-0.15, -0.1) is 0 Å². The predicted octanol–water partition coefficient (Wildman–Crippen LogP) is 8.58. The maximum Gasteiger partial charge on any atom is -0.00790 e. The molecule has 3 fully saturated rings. The third-order valence-corrected chi connectivity index (χ3v) is 10.3. The van der Waals surface area contributed by atoms with Crippen LogP contribution in [-0.2, 0) is 0 Å². The van der Waals surface area contributed by atoms with Crippen molar-refractivity contribution in [3.05, 3.63) is 23.8 Å². The van der Waals surface area contributed by atoms with E-state index in [1.165, 1.54) is 76.2 Å². The van der Waals surface area contributed by atoms with Crippen molar-refractivity contribution in [1.82, 2.24) is 0 Å². The van der Waals surface area contributed by atoms with Crippen molar-refractivity contribution >= 4 is 0 Å². The maximum atomic E-state index is 4.33. The third-order valence-electron chi connectivity index (χ3n) is 10.3. The SMILES string of the molecule is C=C1CC[C@@]2(C)C(=CC[C@H]3[C@@H]4CC[C@H]([C@H](C)CCCC(C)C)[C@@]4(C)CC[C@@H]32)C1. The summed E-state index contributed by atoms with van der Waals surface area (Å²) < 4.78 is 0. The zero-order valence-electron chi connectivity index (χ0n) is 19.5. The highest BCUT2D eigenvalue weighted by atomic mass is 14.6. The van der Waals surface area contributed by atoms with Gasteiger partial charge >= 0.3 is 0 Å². The fourth-order valence-electron chi connectivity index (χ4n) is 8.60. The van der Waals surface area contributed by atoms with E-state index in [9.17, 15) is 0 Å². The molecule has 0 heteroatoms. The molecule has 0 aliphatic heterocycles. The average Bonchev–Trinajstić information content (AvgIpc) is 2.99. The summed E-state index contributed by atoms with van der Waals surface area (Å²) >= 11 is 0. The molecule has 0 N–H and O–H groups in total. The number of hydrogen-bond donors (Lipinski definition) is 0. The standard InChI is InChI=1S/C28H46/c1-19(2)8-7-9-21(4)24-12-13-25-23-11-10-22-18-20(3)14-16-27(22,5)26(23)15-17-28(24,25)6/h10,19,21,23-26H,3,7-9,11-18H2,1-2,4-6H3/t21-,23+,24-,25+,26+,27+,28-/m1/s1. The second-order valence-electron chi connectivity index (χ2n) is 12.2. The Morgan fingerprint density at radius 2 is 1.82 bits per heavy atom. The molecule has 0 aromatic rings. The van der Waals surface area contributed by atoms with Crippen molar-refractivity contribution in [2.75, 3.05) is 0 Å². The highest BCUT2D eigenvalue weighted by Crippen LogP contribution is 2.67. The molecule has 7 atom stereocenters. The van der Waals surface area contributed by atoms with E-state index >= 15 is 0 Å². The van der Waals surface area contributed by atoms with Crippen molar-refractivity contribution in [3.8, 4) is 0 Å². The Morgan fingerprint density at radius 3 is 2.57 bits per heavy atom. The minimum atomic E-state index is 0.492. The molecule has 0 radical (unpaired) electrons. The Labute approximate surface area is 175 Å². The van der Waals surface area contributed by atoms with Gasteiger partial charge in [-0.25, -0.2) is 0 Å². The summed E-state index contributed by atoms with van der Waals surface area (Å²) in [5, 5.41) is 0. The number of fused-ring (bicyclic) bond motifs is 5. The van der Waals surface area contributed by atoms with E-state index in [1.807, 2.05) is 0 Å². The van der Waals surface area contributed by atoms with Crippen LogP contribution in [-0.4, -0.2) is 0 Å². The Bertz CT molecular complexity index is 624. The minimum Gasteiger partial charge on any atom is -0.0995 e. The van der Waals surface area contributed by atoms with Crippen molar-refractivity contribution < 1.29 is 0 Å². The van der Waals surface area contributed by atoms with Gasteiger partial charge in [-0.05, 0) is 97.7 Å². The number of allylic oxidation sites excluding steroid dienone is 3. The van der Waals surface area contributed by atoms with Gasteiger partial charge in [-0.2, -0.15) is 0 Å². The van der Waals surface area contributed by atoms with Crippen LogP contribution in [0.25, 0.3) is 0 Å². The fraction of sp³-hybridized carbons (Fsp3) is 0.857. The lowest BCUT2D eigenvalue weighted by Crippen LogP contribution is -2.50. The zero-order chi connectivity index (χ0) is 20.1. The van der Waals surface area contributed by atoms with Gasteiger partial charge in [0.2, 0.25) is 0 Å². The molecule has 4 aliphatic rings. The van der Waals surface area contributed by atoms with Crippen LogP contribution >= 0.6 is 0 Å². The molecule has 3 saturated carbocycles. The monoisotopic (exact) mass is 382 g/mol. The van der Waals surface area contributed by atoms with Crippen LogP contribution < -0.4 is 0 Å². The van der Waals surface area contributed by atoms with Crippen molar-refractivity contribution in [3.63, 3.8) is 0 Å². The van der Waals surface area contributed by atoms with E-state index in [1.54, 1.807) is 5.57 Å². The van der Waals surface area contributed by atoms with Crippen LogP contribution in [0.2, 0.25) is 0 Å². The van der Waals surface area contributed by atoms with Gasteiger partial charge in [0.1, 0.15) is 0 Å². The van der Waals surface area contributed by atoms with Gasteiger partial charge in [0, 0.05) is 0 Å². The van der Waals surface area contributed by atoms with Gasteiger partial charge in [0.05, 0.1) is 0 Å². The second kappa shape index (κ2) is 7.63. The Kier molecular flexibility index (Phi) is 5.65. The van der Waals surface area contributed by atoms with Gasteiger partial charge in [-0.3, -0.25) is 0 Å². The molecule has 0 unspecified atom stereocenters. The maximum absolute atomic E-state index is 4.33. The molecule has 0 nitrogen and oxygen atoms in total. The van der Waals surface area contributed by atoms with E-state index < -0.39 is 0 Å². The van der Waals surface area contributed by atoms with E-state index in [4.69, 9.17) is 0 Å². The van der Waals surface area contributed by atoms with Gasteiger partial charge in [0.15, 0.2) is 0 Å². The lowest BCUT2D eigenvalue weighted by atomic mass is 9.47. The van der Waals surface area contributed by atoms with Crippen LogP contribution in [0.1, 0.15) is 105 Å². The molecule has 4 rings (SSSR count). The summed E-state index contributed by atoms with van der Waals surface area (Å²) in [5.41, 5.74) is 4.37. The van der Waals surface area contributed by atoms with Crippen LogP contribution in [0.3, 0.4) is 0 Å². The Balaban J connectivity index is 1.50. The smallest absolute Gasteiger partial charge is 0.00790 e. The predicted molar refractivity (Wildman–Crippen MR) is 122 cm³/mol. The Morgan fingerprint density at radius 1 is 1.04 bits per heavy atom. The first kappa shape index (κ1) is 20.7. The molecule has 0 spiro atoms. The highest BCUT2D eigenvalue weighted by molar-refractivity contribution is 5.30. The molecule has 0 aromatic carbocycles. The molecular weight excluding hydrogens is 336 g/mol. The second-order valence-corrected chi connectivity index (χ2v) is 12.2. The van der Waals surface area contributed by atoms with E-state index in [0.29, 0.717) is 10.8 Å². The lowest BCUT2D eigenvalue weighted by Gasteiger charge is -2.58. The van der Waals surface area contributed by atoms with Gasteiger partial charge in [0.25, 0.3) is 0 Å². The van der Waals surface area contributed by atoms with Gasteiger partial charge in [-0.1, -0.05) is 77.7 Å². The largest absolute Gasteiger partial charge is 0.0995 e. The van der Waals surface area contributed by atoms with E-state index in [0.717, 1.165) is 35.5 Å². The first-order valence-corrected chi connectivity index (χ1v) is 12.6. The lowest BCUT2D eigenvalue weighted by molar-refractivity contribution is -0.0481.